The Kier molecular flexibility index (Phi) is 17.8. The number of hydrogen-bond donors (Lipinski definition) is 5. The van der Waals surface area contributed by atoms with Gasteiger partial charge < -0.3 is 26.8 Å². The first kappa shape index (κ1) is 29.2. The van der Waals surface area contributed by atoms with Crippen LogP contribution in [0.15, 0.2) is 36.5 Å². The van der Waals surface area contributed by atoms with Crippen molar-refractivity contribution < 1.29 is 24.9 Å². The second-order valence-electron chi connectivity index (χ2n) is 7.77. The van der Waals surface area contributed by atoms with Gasteiger partial charge in [0.1, 0.15) is 5.78 Å². The van der Waals surface area contributed by atoms with Crippen LogP contribution >= 0.6 is 0 Å². The number of allylic oxidation sites excluding steroid dienone is 3. The molecule has 4 atom stereocenters. The number of carboxylic acids is 1. The van der Waals surface area contributed by atoms with Crippen molar-refractivity contribution in [2.75, 3.05) is 13.1 Å². The van der Waals surface area contributed by atoms with Gasteiger partial charge in [0.25, 0.3) is 0 Å². The van der Waals surface area contributed by atoms with Gasteiger partial charge in [0, 0.05) is 24.7 Å². The summed E-state index contributed by atoms with van der Waals surface area (Å²) in [5.41, 5.74) is 10.3. The van der Waals surface area contributed by atoms with Crippen LogP contribution in [-0.2, 0) is 9.59 Å². The molecule has 31 heavy (non-hydrogen) atoms. The number of nitrogens with two attached hydrogens (primary N) is 2. The molecular weight excluding hydrogens is 396 g/mol. The maximum atomic E-state index is 12.1. The zero-order valence-electron chi connectivity index (χ0n) is 18.9. The largest absolute Gasteiger partial charge is 0.481 e. The highest BCUT2D eigenvalue weighted by atomic mass is 16.4. The molecule has 0 heterocycles. The van der Waals surface area contributed by atoms with Crippen LogP contribution in [-0.4, -0.2) is 52.4 Å². The monoisotopic (exact) mass is 438 g/mol. The molecule has 7 nitrogen and oxygen atoms in total. The van der Waals surface area contributed by atoms with Gasteiger partial charge in [-0.25, -0.2) is 0 Å². The van der Waals surface area contributed by atoms with E-state index in [1.165, 1.54) is 0 Å². The van der Waals surface area contributed by atoms with E-state index in [1.54, 1.807) is 12.2 Å². The van der Waals surface area contributed by atoms with Crippen molar-refractivity contribution in [3.05, 3.63) is 36.5 Å². The van der Waals surface area contributed by atoms with Crippen LogP contribution in [0, 0.1) is 11.8 Å². The van der Waals surface area contributed by atoms with E-state index in [0.29, 0.717) is 25.7 Å². The number of Topliss-reactive ketones (excluding diaryl/α,β-unsaturated/α-hetero) is 1. The van der Waals surface area contributed by atoms with E-state index in [0.717, 1.165) is 32.4 Å². The molecule has 1 saturated carbocycles. The number of carboxylic acid groups (broad SMARTS) is 1. The van der Waals surface area contributed by atoms with E-state index in [4.69, 9.17) is 16.6 Å². The fourth-order valence-corrected chi connectivity index (χ4v) is 3.29. The zero-order chi connectivity index (χ0) is 23.5. The second kappa shape index (κ2) is 18.9. The Balaban J connectivity index is 0.00000131. The smallest absolute Gasteiger partial charge is 0.303 e. The van der Waals surface area contributed by atoms with E-state index in [2.05, 4.69) is 0 Å². The molecule has 178 valence electrons. The highest BCUT2D eigenvalue weighted by Gasteiger charge is 2.39. The molecule has 0 aromatic rings. The van der Waals surface area contributed by atoms with Gasteiger partial charge in [0.05, 0.1) is 12.2 Å². The third-order valence-corrected chi connectivity index (χ3v) is 5.04. The van der Waals surface area contributed by atoms with Gasteiger partial charge in [-0.15, -0.1) is 0 Å². The first-order chi connectivity index (χ1) is 14.9. The third-order valence-electron chi connectivity index (χ3n) is 5.04. The fourth-order valence-electron chi connectivity index (χ4n) is 3.29. The number of carbonyl (C=O) groups is 2. The van der Waals surface area contributed by atoms with Gasteiger partial charge >= 0.3 is 5.97 Å². The van der Waals surface area contributed by atoms with Crippen molar-refractivity contribution in [2.24, 2.45) is 23.3 Å². The summed E-state index contributed by atoms with van der Waals surface area (Å²) in [6.45, 7) is 3.58. The Labute approximate surface area is 186 Å². The maximum absolute atomic E-state index is 12.1. The molecule has 0 radical (unpaired) electrons. The van der Waals surface area contributed by atoms with Gasteiger partial charge in [-0.1, -0.05) is 43.4 Å². The molecule has 0 amide bonds. The van der Waals surface area contributed by atoms with Crippen molar-refractivity contribution in [2.45, 2.75) is 76.9 Å². The summed E-state index contributed by atoms with van der Waals surface area (Å²) in [5, 5.41) is 28.6. The summed E-state index contributed by atoms with van der Waals surface area (Å²) >= 11 is 0. The van der Waals surface area contributed by atoms with E-state index in [-0.39, 0.29) is 30.5 Å². The topological polar surface area (TPSA) is 147 Å². The van der Waals surface area contributed by atoms with Gasteiger partial charge in [0.15, 0.2) is 0 Å². The molecule has 0 bridgehead atoms. The average Bonchev–Trinajstić information content (AvgIpc) is 3.00. The zero-order valence-corrected chi connectivity index (χ0v) is 18.9. The van der Waals surface area contributed by atoms with Crippen LogP contribution in [0.4, 0.5) is 0 Å². The summed E-state index contributed by atoms with van der Waals surface area (Å²) in [4.78, 5) is 22.5. The number of aliphatic carboxylic acids is 1. The number of carbonyl (C=O) groups excluding carboxylic acids is 1. The van der Waals surface area contributed by atoms with Gasteiger partial charge in [-0.3, -0.25) is 9.59 Å². The molecule has 1 aliphatic rings. The van der Waals surface area contributed by atoms with Crippen LogP contribution in [0.25, 0.3) is 0 Å². The highest BCUT2D eigenvalue weighted by molar-refractivity contribution is 5.84. The Bertz CT molecular complexity index is 570. The number of ketones is 1. The summed E-state index contributed by atoms with van der Waals surface area (Å²) in [5.74, 6) is -1.32. The van der Waals surface area contributed by atoms with E-state index >= 15 is 0 Å². The Morgan fingerprint density at radius 3 is 2.39 bits per heavy atom. The maximum Gasteiger partial charge on any atom is 0.303 e. The van der Waals surface area contributed by atoms with E-state index in [1.807, 2.05) is 31.2 Å². The minimum Gasteiger partial charge on any atom is -0.481 e. The van der Waals surface area contributed by atoms with Crippen molar-refractivity contribution in [1.29, 1.82) is 0 Å². The quantitative estimate of drug-likeness (QED) is 0.207. The molecule has 7 N–H and O–H groups in total. The minimum atomic E-state index is -0.806. The van der Waals surface area contributed by atoms with Crippen molar-refractivity contribution in [1.82, 2.24) is 0 Å². The van der Waals surface area contributed by atoms with Crippen molar-refractivity contribution in [3.63, 3.8) is 0 Å². The highest BCUT2D eigenvalue weighted by Crippen LogP contribution is 2.33. The van der Waals surface area contributed by atoms with Gasteiger partial charge in [-0.05, 0) is 58.0 Å². The normalized spacial score (nSPS) is 22.4. The van der Waals surface area contributed by atoms with Crippen LogP contribution in [0.1, 0.15) is 64.7 Å². The molecule has 0 unspecified atom stereocenters. The lowest BCUT2D eigenvalue weighted by Gasteiger charge is -2.16. The predicted molar refractivity (Wildman–Crippen MR) is 124 cm³/mol. The molecule has 7 heteroatoms. The fraction of sp³-hybridized carbons (Fsp3) is 0.667. The van der Waals surface area contributed by atoms with Crippen LogP contribution in [0.3, 0.4) is 0 Å². The SMILES string of the molecule is CC/C=C\C[C@H](O)/C=C/[C@H]1[C@H](O)CC(=O)[C@@H]1C/C=C\CCCC(=O)O.NCCCCN. The predicted octanol–water partition coefficient (Wildman–Crippen LogP) is 2.71. The van der Waals surface area contributed by atoms with Crippen LogP contribution in [0.2, 0.25) is 0 Å². The summed E-state index contributed by atoms with van der Waals surface area (Å²) in [6, 6.07) is 0. The number of unbranched alkanes of at least 4 members (excludes halogenated alkanes) is 2. The lowest BCUT2D eigenvalue weighted by molar-refractivity contribution is -0.137. The molecular formula is C24H42N2O5. The lowest BCUT2D eigenvalue weighted by atomic mass is 9.90. The van der Waals surface area contributed by atoms with Crippen LogP contribution < -0.4 is 11.5 Å². The number of aliphatic hydroxyl groups is 2. The Morgan fingerprint density at radius 1 is 1.13 bits per heavy atom. The molecule has 0 spiro atoms. The number of aliphatic hydroxyl groups excluding tert-OH is 2. The molecule has 0 aliphatic heterocycles. The molecule has 1 rings (SSSR count). The van der Waals surface area contributed by atoms with E-state index < -0.39 is 18.2 Å². The van der Waals surface area contributed by atoms with E-state index in [9.17, 15) is 19.8 Å². The Morgan fingerprint density at radius 2 is 1.81 bits per heavy atom. The minimum absolute atomic E-state index is 0.0395. The second-order valence-corrected chi connectivity index (χ2v) is 7.77. The molecule has 1 fully saturated rings. The molecule has 0 aromatic heterocycles. The van der Waals surface area contributed by atoms with Crippen molar-refractivity contribution in [3.8, 4) is 0 Å². The standard InChI is InChI=1S/C20H30O5.C4H12N2/c1-2-3-6-9-15(21)12-13-17-16(18(22)14-19(17)23)10-7-4-5-8-11-20(24)25;5-3-1-2-4-6/h3-4,6-7,12-13,15-17,19,21,23H,2,5,8-11,14H2,1H3,(H,24,25);1-6H2/b6-3-,7-4-,13-12+;/t15-,16+,17+,19+;/m0./s1. The molecule has 1 aliphatic carbocycles. The lowest BCUT2D eigenvalue weighted by Crippen LogP contribution is -2.18. The molecule has 0 saturated heterocycles. The summed E-state index contributed by atoms with van der Waals surface area (Å²) in [7, 11) is 0. The number of hydrogen-bond acceptors (Lipinski definition) is 6. The third kappa shape index (κ3) is 14.8. The van der Waals surface area contributed by atoms with Crippen LogP contribution in [0.5, 0.6) is 0 Å². The first-order valence-electron chi connectivity index (χ1n) is 11.4. The van der Waals surface area contributed by atoms with Gasteiger partial charge in [-0.2, -0.15) is 0 Å². The number of rotatable bonds is 14. The van der Waals surface area contributed by atoms with Crippen molar-refractivity contribution >= 4 is 11.8 Å². The Hall–Kier alpha value is -1.80. The molecule has 0 aromatic carbocycles. The summed E-state index contributed by atoms with van der Waals surface area (Å²) in [6.07, 6.45) is 15.5. The first-order valence-corrected chi connectivity index (χ1v) is 11.4. The summed E-state index contributed by atoms with van der Waals surface area (Å²) < 4.78 is 0. The van der Waals surface area contributed by atoms with Gasteiger partial charge in [0.2, 0.25) is 0 Å². The average molecular weight is 439 g/mol.